The minimum atomic E-state index is -0.524. The minimum absolute atomic E-state index is 0.114. The summed E-state index contributed by atoms with van der Waals surface area (Å²) in [5.41, 5.74) is 0.947. The Morgan fingerprint density at radius 1 is 1.52 bits per heavy atom. The van der Waals surface area contributed by atoms with Gasteiger partial charge in [-0.1, -0.05) is 0 Å². The van der Waals surface area contributed by atoms with Crippen LogP contribution in [-0.4, -0.2) is 51.2 Å². The van der Waals surface area contributed by atoms with E-state index in [0.29, 0.717) is 25.3 Å². The second-order valence-corrected chi connectivity index (χ2v) is 7.16. The summed E-state index contributed by atoms with van der Waals surface area (Å²) in [5, 5.41) is 9.95. The predicted octanol–water partition coefficient (Wildman–Crippen LogP) is 1.52. The molecule has 1 N–H and O–H groups in total. The first-order valence-electron chi connectivity index (χ1n) is 8.17. The van der Waals surface area contributed by atoms with E-state index >= 15 is 0 Å². The summed E-state index contributed by atoms with van der Waals surface area (Å²) < 4.78 is 1.66. The van der Waals surface area contributed by atoms with E-state index in [4.69, 9.17) is 0 Å². The topological polar surface area (TPSA) is 83.4 Å². The van der Waals surface area contributed by atoms with Gasteiger partial charge in [0.2, 0.25) is 0 Å². The van der Waals surface area contributed by atoms with Crippen LogP contribution in [0, 0.1) is 6.92 Å². The summed E-state index contributed by atoms with van der Waals surface area (Å²) >= 11 is 1.52. The van der Waals surface area contributed by atoms with Gasteiger partial charge >= 0.3 is 6.03 Å². The highest BCUT2D eigenvalue weighted by Crippen LogP contribution is 2.19. The molecule has 3 amide bonds. The van der Waals surface area contributed by atoms with E-state index in [1.807, 2.05) is 19.4 Å². The molecule has 3 heterocycles. The summed E-state index contributed by atoms with van der Waals surface area (Å²) in [6.45, 7) is 2.97. The number of aromatic nitrogens is 3. The van der Waals surface area contributed by atoms with E-state index in [1.54, 1.807) is 33.8 Å². The van der Waals surface area contributed by atoms with Crippen LogP contribution in [0.5, 0.6) is 0 Å². The monoisotopic (exact) mass is 362 g/mol. The molecule has 1 saturated heterocycles. The number of amides is 3. The Morgan fingerprint density at radius 2 is 2.32 bits per heavy atom. The van der Waals surface area contributed by atoms with E-state index < -0.39 is 6.04 Å². The number of nitrogens with one attached hydrogen (secondary N) is 1. The van der Waals surface area contributed by atoms with Crippen molar-refractivity contribution in [2.24, 2.45) is 7.05 Å². The molecule has 0 spiro atoms. The van der Waals surface area contributed by atoms with Gasteiger partial charge in [-0.15, -0.1) is 11.3 Å². The lowest BCUT2D eigenvalue weighted by Gasteiger charge is -2.32. The number of carbonyl (C=O) groups is 2. The SMILES string of the molecule is Cc1csc(CN(C)C(=O)N[C@H]2CCCN(c3ccn(C)n3)C2=O)n1. The molecule has 134 valence electrons. The number of rotatable bonds is 4. The Morgan fingerprint density at radius 3 is 2.96 bits per heavy atom. The van der Waals surface area contributed by atoms with Crippen molar-refractivity contribution in [1.29, 1.82) is 0 Å². The average Bonchev–Trinajstić information content (AvgIpc) is 3.17. The van der Waals surface area contributed by atoms with Gasteiger partial charge in [-0.05, 0) is 19.8 Å². The third-order valence-electron chi connectivity index (χ3n) is 4.10. The molecular formula is C16H22N6O2S. The van der Waals surface area contributed by atoms with Crippen molar-refractivity contribution in [2.45, 2.75) is 32.4 Å². The van der Waals surface area contributed by atoms with Crippen LogP contribution in [0.25, 0.3) is 0 Å². The summed E-state index contributed by atoms with van der Waals surface area (Å²) in [4.78, 5) is 32.6. The largest absolute Gasteiger partial charge is 0.326 e. The van der Waals surface area contributed by atoms with Gasteiger partial charge in [-0.3, -0.25) is 14.4 Å². The molecule has 1 aliphatic heterocycles. The maximum absolute atomic E-state index is 12.7. The normalized spacial score (nSPS) is 17.6. The predicted molar refractivity (Wildman–Crippen MR) is 95.4 cm³/mol. The fourth-order valence-electron chi connectivity index (χ4n) is 2.79. The lowest BCUT2D eigenvalue weighted by Crippen LogP contribution is -2.54. The first-order chi connectivity index (χ1) is 11.9. The van der Waals surface area contributed by atoms with Crippen LogP contribution in [0.2, 0.25) is 0 Å². The molecule has 1 aliphatic rings. The Bertz CT molecular complexity index is 770. The molecule has 0 aliphatic carbocycles. The van der Waals surface area contributed by atoms with Gasteiger partial charge in [0.25, 0.3) is 5.91 Å². The van der Waals surface area contributed by atoms with Gasteiger partial charge in [-0.25, -0.2) is 9.78 Å². The number of aryl methyl sites for hydroxylation is 2. The molecule has 25 heavy (non-hydrogen) atoms. The molecule has 9 heteroatoms. The molecule has 0 saturated carbocycles. The maximum atomic E-state index is 12.7. The molecule has 0 aromatic carbocycles. The highest BCUT2D eigenvalue weighted by atomic mass is 32.1. The van der Waals surface area contributed by atoms with Crippen LogP contribution in [-0.2, 0) is 18.4 Å². The highest BCUT2D eigenvalue weighted by Gasteiger charge is 2.32. The number of piperidine rings is 1. The molecule has 2 aromatic heterocycles. The van der Waals surface area contributed by atoms with E-state index in [-0.39, 0.29) is 11.9 Å². The molecule has 8 nitrogen and oxygen atoms in total. The zero-order valence-electron chi connectivity index (χ0n) is 14.6. The lowest BCUT2D eigenvalue weighted by atomic mass is 10.1. The van der Waals surface area contributed by atoms with Gasteiger partial charge in [-0.2, -0.15) is 5.10 Å². The summed E-state index contributed by atoms with van der Waals surface area (Å²) in [5.74, 6) is 0.509. The van der Waals surface area contributed by atoms with Crippen LogP contribution >= 0.6 is 11.3 Å². The molecule has 0 bridgehead atoms. The fraction of sp³-hybridized carbons (Fsp3) is 0.500. The fourth-order valence-corrected chi connectivity index (χ4v) is 3.62. The van der Waals surface area contributed by atoms with Crippen LogP contribution in [0.3, 0.4) is 0 Å². The van der Waals surface area contributed by atoms with E-state index in [9.17, 15) is 9.59 Å². The Hall–Kier alpha value is -2.42. The van der Waals surface area contributed by atoms with Crippen molar-refractivity contribution in [3.05, 3.63) is 28.3 Å². The number of anilines is 1. The molecular weight excluding hydrogens is 340 g/mol. The number of nitrogens with zero attached hydrogens (tertiary/aromatic N) is 5. The van der Waals surface area contributed by atoms with Crippen molar-refractivity contribution in [3.63, 3.8) is 0 Å². The molecule has 3 rings (SSSR count). The third-order valence-corrected chi connectivity index (χ3v) is 5.05. The summed E-state index contributed by atoms with van der Waals surface area (Å²) in [6.07, 6.45) is 3.26. The molecule has 0 unspecified atom stereocenters. The van der Waals surface area contributed by atoms with Crippen LogP contribution in [0.15, 0.2) is 17.6 Å². The zero-order chi connectivity index (χ0) is 18.0. The van der Waals surface area contributed by atoms with Crippen molar-refractivity contribution >= 4 is 29.1 Å². The standard InChI is InChI=1S/C16H22N6O2S/c1-11-10-25-14(17-11)9-20(2)16(24)18-12-5-4-7-22(15(12)23)13-6-8-21(3)19-13/h6,8,10,12H,4-5,7,9H2,1-3H3,(H,18,24)/t12-/m0/s1. The summed E-state index contributed by atoms with van der Waals surface area (Å²) in [7, 11) is 3.52. The van der Waals surface area contributed by atoms with Gasteiger partial charge in [0.1, 0.15) is 11.0 Å². The van der Waals surface area contributed by atoms with Crippen LogP contribution < -0.4 is 10.2 Å². The zero-order valence-corrected chi connectivity index (χ0v) is 15.4. The minimum Gasteiger partial charge on any atom is -0.326 e. The summed E-state index contributed by atoms with van der Waals surface area (Å²) in [6, 6.07) is 1.01. The van der Waals surface area contributed by atoms with Crippen molar-refractivity contribution < 1.29 is 9.59 Å². The Kier molecular flexibility index (Phi) is 5.03. The number of urea groups is 1. The molecule has 1 fully saturated rings. The second-order valence-electron chi connectivity index (χ2n) is 6.22. The van der Waals surface area contributed by atoms with Crippen molar-refractivity contribution in [2.75, 3.05) is 18.5 Å². The van der Waals surface area contributed by atoms with Crippen molar-refractivity contribution in [3.8, 4) is 0 Å². The molecule has 0 radical (unpaired) electrons. The quantitative estimate of drug-likeness (QED) is 0.894. The maximum Gasteiger partial charge on any atom is 0.318 e. The number of carbonyl (C=O) groups excluding carboxylic acids is 2. The van der Waals surface area contributed by atoms with Crippen LogP contribution in [0.1, 0.15) is 23.5 Å². The Labute approximate surface area is 150 Å². The van der Waals surface area contributed by atoms with Crippen LogP contribution in [0.4, 0.5) is 10.6 Å². The van der Waals surface area contributed by atoms with Gasteiger partial charge < -0.3 is 10.2 Å². The van der Waals surface area contributed by atoms with Gasteiger partial charge in [0.05, 0.1) is 6.54 Å². The first-order valence-corrected chi connectivity index (χ1v) is 9.05. The second kappa shape index (κ2) is 7.22. The number of hydrogen-bond acceptors (Lipinski definition) is 5. The highest BCUT2D eigenvalue weighted by molar-refractivity contribution is 7.09. The smallest absolute Gasteiger partial charge is 0.318 e. The lowest BCUT2D eigenvalue weighted by molar-refractivity contribution is -0.121. The molecule has 1 atom stereocenters. The number of hydrogen-bond donors (Lipinski definition) is 1. The van der Waals surface area contributed by atoms with Crippen molar-refractivity contribution in [1.82, 2.24) is 25.0 Å². The van der Waals surface area contributed by atoms with E-state index in [2.05, 4.69) is 15.4 Å². The van der Waals surface area contributed by atoms with E-state index in [0.717, 1.165) is 17.1 Å². The first kappa shape index (κ1) is 17.4. The average molecular weight is 362 g/mol. The Balaban J connectivity index is 1.61. The molecule has 2 aromatic rings. The third kappa shape index (κ3) is 3.98. The van der Waals surface area contributed by atoms with Gasteiger partial charge in [0, 0.05) is 44.0 Å². The number of thiazole rings is 1. The van der Waals surface area contributed by atoms with E-state index in [1.165, 1.54) is 11.3 Å². The van der Waals surface area contributed by atoms with Gasteiger partial charge in [0.15, 0.2) is 5.82 Å².